The molecule has 1 radical (unpaired) electrons. The summed E-state index contributed by atoms with van der Waals surface area (Å²) in [5.41, 5.74) is 0. The van der Waals surface area contributed by atoms with Gasteiger partial charge in [-0.15, -0.1) is 0 Å². The highest BCUT2D eigenvalue weighted by Gasteiger charge is 2.15. The van der Waals surface area contributed by atoms with Crippen LogP contribution in [0.15, 0.2) is 24.0 Å². The van der Waals surface area contributed by atoms with Crippen LogP contribution in [0.5, 0.6) is 11.5 Å². The number of benzene rings is 1. The molecule has 0 aliphatic carbocycles. The summed E-state index contributed by atoms with van der Waals surface area (Å²) in [5, 5.41) is 0. The summed E-state index contributed by atoms with van der Waals surface area (Å²) in [5.74, 6) is 0.496. The van der Waals surface area contributed by atoms with E-state index in [0.29, 0.717) is 11.5 Å². The lowest BCUT2D eigenvalue weighted by molar-refractivity contribution is 0.296. The average molecular weight is 165 g/mol. The van der Waals surface area contributed by atoms with Gasteiger partial charge < -0.3 is 9.47 Å². The highest BCUT2D eigenvalue weighted by molar-refractivity contribution is 5.43. The summed E-state index contributed by atoms with van der Waals surface area (Å²) in [6.07, 6.45) is 2.49. The molecule has 61 valence electrons. The molecule has 0 fully saturated rings. The van der Waals surface area contributed by atoms with Gasteiger partial charge in [-0.05, 0) is 19.1 Å². The van der Waals surface area contributed by atoms with Crippen molar-refractivity contribution in [2.75, 3.05) is 0 Å². The molecular formula is C9H6FO2. The van der Waals surface area contributed by atoms with Crippen LogP contribution in [-0.4, -0.2) is 0 Å². The van der Waals surface area contributed by atoms with Gasteiger partial charge in [-0.3, -0.25) is 0 Å². The molecule has 1 aliphatic heterocycles. The van der Waals surface area contributed by atoms with Gasteiger partial charge >= 0.3 is 0 Å². The summed E-state index contributed by atoms with van der Waals surface area (Å²) in [6, 6.07) is 4.50. The molecule has 0 N–H and O–H groups in total. The van der Waals surface area contributed by atoms with Crippen LogP contribution < -0.4 is 9.47 Å². The van der Waals surface area contributed by atoms with Crippen molar-refractivity contribution in [3.8, 4) is 11.5 Å². The van der Waals surface area contributed by atoms with Crippen molar-refractivity contribution in [3.63, 3.8) is 0 Å². The molecule has 1 aromatic carbocycles. The third-order valence-electron chi connectivity index (χ3n) is 1.49. The van der Waals surface area contributed by atoms with Crippen molar-refractivity contribution in [3.05, 3.63) is 36.0 Å². The average Bonchev–Trinajstić information content (AvgIpc) is 2.07. The number of hydrogen-bond donors (Lipinski definition) is 0. The van der Waals surface area contributed by atoms with E-state index in [1.807, 2.05) is 0 Å². The number of allylic oxidation sites excluding steroid dienone is 1. The number of hydrogen-bond acceptors (Lipinski definition) is 2. The minimum absolute atomic E-state index is 0.133. The fourth-order valence-corrected chi connectivity index (χ4v) is 0.969. The molecule has 0 aromatic heterocycles. The second-order valence-electron chi connectivity index (χ2n) is 2.43. The van der Waals surface area contributed by atoms with E-state index in [-0.39, 0.29) is 5.75 Å². The van der Waals surface area contributed by atoms with E-state index in [2.05, 4.69) is 6.26 Å². The number of para-hydroxylation sites is 1. The first-order valence-electron chi connectivity index (χ1n) is 3.50. The zero-order chi connectivity index (χ0) is 8.55. The van der Waals surface area contributed by atoms with E-state index in [1.165, 1.54) is 6.07 Å². The van der Waals surface area contributed by atoms with Gasteiger partial charge in [0, 0.05) is 0 Å². The van der Waals surface area contributed by atoms with E-state index < -0.39 is 5.82 Å². The van der Waals surface area contributed by atoms with Crippen LogP contribution >= 0.6 is 0 Å². The van der Waals surface area contributed by atoms with Crippen molar-refractivity contribution in [2.24, 2.45) is 0 Å². The molecule has 0 amide bonds. The third kappa shape index (κ3) is 1.03. The normalized spacial score (nSPS) is 14.0. The lowest BCUT2D eigenvalue weighted by Crippen LogP contribution is -2.04. The van der Waals surface area contributed by atoms with Gasteiger partial charge in [0.25, 0.3) is 0 Å². The lowest BCUT2D eigenvalue weighted by Gasteiger charge is -2.14. The maximum absolute atomic E-state index is 13.0. The molecular weight excluding hydrogens is 159 g/mol. The van der Waals surface area contributed by atoms with Gasteiger partial charge in [-0.2, -0.15) is 0 Å². The Labute approximate surface area is 69.2 Å². The van der Waals surface area contributed by atoms with Crippen molar-refractivity contribution in [1.82, 2.24) is 0 Å². The maximum Gasteiger partial charge on any atom is 0.211 e. The minimum atomic E-state index is -0.423. The molecule has 1 aromatic rings. The predicted octanol–water partition coefficient (Wildman–Crippen LogP) is 2.26. The van der Waals surface area contributed by atoms with Crippen LogP contribution in [0.25, 0.3) is 0 Å². The molecule has 1 heterocycles. The maximum atomic E-state index is 13.0. The fourth-order valence-electron chi connectivity index (χ4n) is 0.969. The van der Waals surface area contributed by atoms with Crippen molar-refractivity contribution in [1.29, 1.82) is 0 Å². The zero-order valence-corrected chi connectivity index (χ0v) is 6.43. The Balaban J connectivity index is 2.49. The molecule has 0 saturated carbocycles. The van der Waals surface area contributed by atoms with Crippen LogP contribution in [0.2, 0.25) is 0 Å². The first-order valence-corrected chi connectivity index (χ1v) is 3.50. The quantitative estimate of drug-likeness (QED) is 0.587. The highest BCUT2D eigenvalue weighted by Crippen LogP contribution is 2.34. The number of rotatable bonds is 0. The SMILES string of the molecule is CC1=[C]Oc2cccc(F)c2O1. The van der Waals surface area contributed by atoms with Crippen molar-refractivity contribution >= 4 is 0 Å². The molecule has 0 unspecified atom stereocenters. The summed E-state index contributed by atoms with van der Waals surface area (Å²) in [7, 11) is 0. The Morgan fingerprint density at radius 1 is 1.42 bits per heavy atom. The molecule has 3 heteroatoms. The number of halogens is 1. The van der Waals surface area contributed by atoms with Gasteiger partial charge in [0.2, 0.25) is 12.0 Å². The molecule has 0 bridgehead atoms. The van der Waals surface area contributed by atoms with E-state index in [9.17, 15) is 4.39 Å². The monoisotopic (exact) mass is 165 g/mol. The molecule has 2 nitrogen and oxygen atoms in total. The van der Waals surface area contributed by atoms with Crippen LogP contribution in [-0.2, 0) is 0 Å². The first kappa shape index (κ1) is 7.16. The van der Waals surface area contributed by atoms with Gasteiger partial charge in [0.05, 0.1) is 0 Å². The largest absolute Gasteiger partial charge is 0.451 e. The van der Waals surface area contributed by atoms with Crippen LogP contribution in [0.3, 0.4) is 0 Å². The molecule has 0 saturated heterocycles. The van der Waals surface area contributed by atoms with E-state index in [1.54, 1.807) is 19.1 Å². The molecule has 2 rings (SSSR count). The molecule has 12 heavy (non-hydrogen) atoms. The zero-order valence-electron chi connectivity index (χ0n) is 6.43. The Hall–Kier alpha value is -1.51. The number of fused-ring (bicyclic) bond motifs is 1. The van der Waals surface area contributed by atoms with Gasteiger partial charge in [-0.25, -0.2) is 4.39 Å². The first-order chi connectivity index (χ1) is 5.77. The van der Waals surface area contributed by atoms with E-state index >= 15 is 0 Å². The highest BCUT2D eigenvalue weighted by atomic mass is 19.1. The van der Waals surface area contributed by atoms with E-state index in [4.69, 9.17) is 9.47 Å². The van der Waals surface area contributed by atoms with Crippen molar-refractivity contribution < 1.29 is 13.9 Å². The molecule has 1 aliphatic rings. The lowest BCUT2D eigenvalue weighted by atomic mass is 10.3. The third-order valence-corrected chi connectivity index (χ3v) is 1.49. The minimum Gasteiger partial charge on any atom is -0.451 e. The van der Waals surface area contributed by atoms with E-state index in [0.717, 1.165) is 0 Å². The van der Waals surface area contributed by atoms with Crippen LogP contribution in [0, 0.1) is 12.1 Å². The second kappa shape index (κ2) is 2.52. The Kier molecular flexibility index (Phi) is 1.50. The van der Waals surface area contributed by atoms with Crippen molar-refractivity contribution in [2.45, 2.75) is 6.92 Å². The Bertz CT molecular complexity index is 344. The molecule has 0 atom stereocenters. The van der Waals surface area contributed by atoms with Crippen LogP contribution in [0.4, 0.5) is 4.39 Å². The second-order valence-corrected chi connectivity index (χ2v) is 2.43. The Morgan fingerprint density at radius 3 is 3.08 bits per heavy atom. The summed E-state index contributed by atoms with van der Waals surface area (Å²) in [6.45, 7) is 1.65. The summed E-state index contributed by atoms with van der Waals surface area (Å²) < 4.78 is 23.0. The Morgan fingerprint density at radius 2 is 2.25 bits per heavy atom. The topological polar surface area (TPSA) is 18.5 Å². The summed E-state index contributed by atoms with van der Waals surface area (Å²) in [4.78, 5) is 0. The fraction of sp³-hybridized carbons (Fsp3) is 0.111. The van der Waals surface area contributed by atoms with Gasteiger partial charge in [-0.1, -0.05) is 6.07 Å². The van der Waals surface area contributed by atoms with Crippen LogP contribution in [0.1, 0.15) is 6.92 Å². The van der Waals surface area contributed by atoms with Gasteiger partial charge in [0.1, 0.15) is 5.76 Å². The van der Waals surface area contributed by atoms with Gasteiger partial charge in [0.15, 0.2) is 11.6 Å². The predicted molar refractivity (Wildman–Crippen MR) is 40.1 cm³/mol. The molecule has 0 spiro atoms. The smallest absolute Gasteiger partial charge is 0.211 e. The summed E-state index contributed by atoms with van der Waals surface area (Å²) >= 11 is 0. The standard InChI is InChI=1S/C9H6FO2/c1-6-5-11-8-4-2-3-7(10)9(8)12-6/h2-4H,1H3. The number of ether oxygens (including phenoxy) is 2.